The van der Waals surface area contributed by atoms with Crippen molar-refractivity contribution in [1.29, 1.82) is 0 Å². The summed E-state index contributed by atoms with van der Waals surface area (Å²) in [7, 11) is 0. The number of esters is 1. The number of ether oxygens (including phenoxy) is 1. The highest BCUT2D eigenvalue weighted by atomic mass is 16.5. The van der Waals surface area contributed by atoms with Crippen molar-refractivity contribution >= 4 is 5.97 Å². The smallest absolute Gasteiger partial charge is 0.306 e. The van der Waals surface area contributed by atoms with Crippen LogP contribution in [-0.4, -0.2) is 12.1 Å². The molecule has 2 heteroatoms. The van der Waals surface area contributed by atoms with Gasteiger partial charge in [-0.25, -0.2) is 0 Å². The first-order chi connectivity index (χ1) is 20.6. The van der Waals surface area contributed by atoms with Gasteiger partial charge in [0.25, 0.3) is 0 Å². The van der Waals surface area contributed by atoms with Gasteiger partial charge >= 0.3 is 5.97 Å². The molecule has 9 unspecified atom stereocenters. The maximum absolute atomic E-state index is 12.7. The molecule has 43 heavy (non-hydrogen) atoms. The number of carbonyl (C=O) groups excluding carboxylic acids is 1. The summed E-state index contributed by atoms with van der Waals surface area (Å²) in [5, 5.41) is 0. The van der Waals surface area contributed by atoms with Gasteiger partial charge in [-0.05, 0) is 129 Å². The molecule has 0 amide bonds. The van der Waals surface area contributed by atoms with E-state index in [-0.39, 0.29) is 12.1 Å². The maximum Gasteiger partial charge on any atom is 0.306 e. The first-order valence-electron chi connectivity index (χ1n) is 19.2. The lowest BCUT2D eigenvalue weighted by molar-refractivity contribution is -0.151. The number of hydrogen-bond donors (Lipinski definition) is 0. The molecule has 9 atom stereocenters. The number of rotatable bonds is 16. The highest BCUT2D eigenvalue weighted by Gasteiger charge is 2.59. The number of fused-ring (bicyclic) bond motifs is 5. The van der Waals surface area contributed by atoms with Gasteiger partial charge in [-0.15, -0.1) is 0 Å². The predicted molar refractivity (Wildman–Crippen MR) is 184 cm³/mol. The summed E-state index contributed by atoms with van der Waals surface area (Å²) in [5.41, 5.74) is 2.51. The van der Waals surface area contributed by atoms with Crippen molar-refractivity contribution in [2.75, 3.05) is 0 Å². The van der Waals surface area contributed by atoms with E-state index >= 15 is 0 Å². The Bertz CT molecular complexity index is 930. The van der Waals surface area contributed by atoms with Crippen LogP contribution < -0.4 is 0 Å². The fourth-order valence-corrected chi connectivity index (χ4v) is 11.0. The lowest BCUT2D eigenvalue weighted by Gasteiger charge is -2.58. The van der Waals surface area contributed by atoms with Gasteiger partial charge in [0.05, 0.1) is 0 Å². The summed E-state index contributed by atoms with van der Waals surface area (Å²) < 4.78 is 6.09. The Kier molecular flexibility index (Phi) is 12.9. The number of allylic oxidation sites excluding steroid dienone is 3. The minimum atomic E-state index is 0.0481. The van der Waals surface area contributed by atoms with Gasteiger partial charge in [0, 0.05) is 12.8 Å². The van der Waals surface area contributed by atoms with E-state index in [1.165, 1.54) is 83.5 Å². The molecule has 0 aromatic carbocycles. The van der Waals surface area contributed by atoms with E-state index in [1.807, 2.05) is 0 Å². The van der Waals surface area contributed by atoms with Crippen LogP contribution >= 0.6 is 0 Å². The highest BCUT2D eigenvalue weighted by Crippen LogP contribution is 2.67. The van der Waals surface area contributed by atoms with Crippen molar-refractivity contribution < 1.29 is 9.53 Å². The quantitative estimate of drug-likeness (QED) is 0.101. The summed E-state index contributed by atoms with van der Waals surface area (Å²) in [6.07, 6.45) is 30.7. The molecule has 4 rings (SSSR count). The van der Waals surface area contributed by atoms with Gasteiger partial charge in [-0.1, -0.05) is 104 Å². The summed E-state index contributed by atoms with van der Waals surface area (Å²) >= 11 is 0. The van der Waals surface area contributed by atoms with Crippen LogP contribution in [0.15, 0.2) is 23.8 Å². The van der Waals surface area contributed by atoms with Gasteiger partial charge in [0.2, 0.25) is 0 Å². The molecule has 0 N–H and O–H groups in total. The molecule has 0 aliphatic heterocycles. The van der Waals surface area contributed by atoms with Crippen LogP contribution in [0.4, 0.5) is 0 Å². The third kappa shape index (κ3) is 8.22. The molecule has 0 bridgehead atoms. The molecule has 3 saturated carbocycles. The van der Waals surface area contributed by atoms with Crippen molar-refractivity contribution in [3.05, 3.63) is 23.8 Å². The molecule has 246 valence electrons. The second kappa shape index (κ2) is 16.0. The fraction of sp³-hybridized carbons (Fsp3) is 0.878. The second-order valence-electron chi connectivity index (χ2n) is 16.5. The minimum absolute atomic E-state index is 0.0481. The van der Waals surface area contributed by atoms with Crippen molar-refractivity contribution in [3.8, 4) is 0 Å². The predicted octanol–water partition coefficient (Wildman–Crippen LogP) is 12.3. The van der Waals surface area contributed by atoms with Crippen LogP contribution in [0.1, 0.15) is 170 Å². The number of carbonyl (C=O) groups is 1. The molecule has 4 aliphatic carbocycles. The van der Waals surface area contributed by atoms with E-state index in [2.05, 4.69) is 66.7 Å². The first kappa shape index (κ1) is 34.8. The Morgan fingerprint density at radius 1 is 0.930 bits per heavy atom. The van der Waals surface area contributed by atoms with E-state index in [4.69, 9.17) is 4.74 Å². The third-order valence-corrected chi connectivity index (χ3v) is 13.7. The summed E-state index contributed by atoms with van der Waals surface area (Å²) in [6.45, 7) is 17.3. The molecule has 0 aromatic heterocycles. The molecule has 0 radical (unpaired) electrons. The van der Waals surface area contributed by atoms with Crippen LogP contribution in [0.5, 0.6) is 0 Å². The standard InChI is InChI=1S/C41H70O2/c1-8-10-11-12-13-14-15-16-17-18-39(42)43-34-25-27-40(6)33(29-34)21-22-35-37-24-23-36(41(37,7)28-26-38(35)40)31(5)19-20-32(9-2)30(3)4/h10-11,21,30-32,34-38H,8-9,12-20,22-29H2,1-7H3/b11-10-. The van der Waals surface area contributed by atoms with Crippen molar-refractivity contribution in [1.82, 2.24) is 0 Å². The van der Waals surface area contributed by atoms with Crippen LogP contribution in [-0.2, 0) is 9.53 Å². The summed E-state index contributed by atoms with van der Waals surface area (Å²) in [4.78, 5) is 12.7. The Labute approximate surface area is 267 Å². The average molecular weight is 595 g/mol. The third-order valence-electron chi connectivity index (χ3n) is 13.7. The maximum atomic E-state index is 12.7. The number of unbranched alkanes of at least 4 members (excludes halogenated alkanes) is 5. The van der Waals surface area contributed by atoms with Crippen molar-refractivity contribution in [2.45, 2.75) is 177 Å². The SMILES string of the molecule is CC/C=C\CCCCCCCC(=O)OC1CCC2(C)C(=CCC3C2CCC2(C)C(C(C)CCC(CC)C(C)C)CCC32)C1. The minimum Gasteiger partial charge on any atom is -0.462 e. The van der Waals surface area contributed by atoms with E-state index < -0.39 is 0 Å². The van der Waals surface area contributed by atoms with Crippen molar-refractivity contribution in [3.63, 3.8) is 0 Å². The van der Waals surface area contributed by atoms with E-state index in [9.17, 15) is 4.79 Å². The van der Waals surface area contributed by atoms with E-state index in [0.717, 1.165) is 73.5 Å². The Balaban J connectivity index is 1.25. The molecule has 4 aliphatic rings. The van der Waals surface area contributed by atoms with Gasteiger partial charge < -0.3 is 4.74 Å². The van der Waals surface area contributed by atoms with E-state index in [0.29, 0.717) is 17.3 Å². The van der Waals surface area contributed by atoms with Crippen LogP contribution in [0.2, 0.25) is 0 Å². The monoisotopic (exact) mass is 595 g/mol. The molecular weight excluding hydrogens is 524 g/mol. The molecular formula is C41H70O2. The zero-order valence-corrected chi connectivity index (χ0v) is 29.6. The average Bonchev–Trinajstić information content (AvgIpc) is 3.34. The molecule has 2 nitrogen and oxygen atoms in total. The Morgan fingerprint density at radius 2 is 1.70 bits per heavy atom. The van der Waals surface area contributed by atoms with Gasteiger partial charge in [-0.3, -0.25) is 4.79 Å². The fourth-order valence-electron chi connectivity index (χ4n) is 11.0. The lowest BCUT2D eigenvalue weighted by Crippen LogP contribution is -2.51. The van der Waals surface area contributed by atoms with Gasteiger partial charge in [-0.2, -0.15) is 0 Å². The topological polar surface area (TPSA) is 26.3 Å². The molecule has 3 fully saturated rings. The number of hydrogen-bond acceptors (Lipinski definition) is 2. The Hall–Kier alpha value is -1.05. The molecule has 0 spiro atoms. The summed E-state index contributed by atoms with van der Waals surface area (Å²) in [6, 6.07) is 0. The van der Waals surface area contributed by atoms with Crippen molar-refractivity contribution in [2.24, 2.45) is 52.3 Å². The highest BCUT2D eigenvalue weighted by molar-refractivity contribution is 5.69. The normalized spacial score (nSPS) is 35.3. The Morgan fingerprint density at radius 3 is 2.44 bits per heavy atom. The summed E-state index contributed by atoms with van der Waals surface area (Å²) in [5.74, 6) is 6.15. The van der Waals surface area contributed by atoms with Gasteiger partial charge in [0.1, 0.15) is 6.10 Å². The zero-order chi connectivity index (χ0) is 31.0. The van der Waals surface area contributed by atoms with Crippen LogP contribution in [0.25, 0.3) is 0 Å². The lowest BCUT2D eigenvalue weighted by atomic mass is 9.47. The molecule has 0 heterocycles. The zero-order valence-electron chi connectivity index (χ0n) is 29.6. The van der Waals surface area contributed by atoms with Crippen LogP contribution in [0, 0.1) is 52.3 Å². The molecule has 0 saturated heterocycles. The first-order valence-corrected chi connectivity index (χ1v) is 19.2. The van der Waals surface area contributed by atoms with Crippen LogP contribution in [0.3, 0.4) is 0 Å². The largest absolute Gasteiger partial charge is 0.462 e. The van der Waals surface area contributed by atoms with Gasteiger partial charge in [0.15, 0.2) is 0 Å². The molecule has 0 aromatic rings. The second-order valence-corrected chi connectivity index (χ2v) is 16.5. The van der Waals surface area contributed by atoms with E-state index in [1.54, 1.807) is 5.57 Å².